The van der Waals surface area contributed by atoms with Crippen LogP contribution in [0.2, 0.25) is 0 Å². The molecule has 0 heterocycles. The van der Waals surface area contributed by atoms with Gasteiger partial charge in [0, 0.05) is 11.4 Å². The van der Waals surface area contributed by atoms with Gasteiger partial charge in [-0.3, -0.25) is 14.5 Å². The molecule has 0 saturated heterocycles. The molecular formula is C23H31N3O2. The molecule has 150 valence electrons. The molecule has 0 aliphatic rings. The number of para-hydroxylation sites is 1. The normalized spacial score (nSPS) is 11.4. The van der Waals surface area contributed by atoms with Gasteiger partial charge in [0.1, 0.15) is 0 Å². The first-order valence-electron chi connectivity index (χ1n) is 9.51. The van der Waals surface area contributed by atoms with Gasteiger partial charge in [0.05, 0.1) is 13.1 Å². The van der Waals surface area contributed by atoms with Crippen LogP contribution in [0.25, 0.3) is 0 Å². The zero-order valence-corrected chi connectivity index (χ0v) is 17.7. The Hall–Kier alpha value is -2.66. The predicted molar refractivity (Wildman–Crippen MR) is 116 cm³/mol. The van der Waals surface area contributed by atoms with Gasteiger partial charge in [-0.15, -0.1) is 0 Å². The molecule has 2 N–H and O–H groups in total. The predicted octanol–water partition coefficient (Wildman–Crippen LogP) is 4.11. The van der Waals surface area contributed by atoms with Crippen molar-refractivity contribution < 1.29 is 9.59 Å². The van der Waals surface area contributed by atoms with Crippen molar-refractivity contribution in [2.45, 2.75) is 40.0 Å². The Labute approximate surface area is 168 Å². The van der Waals surface area contributed by atoms with Crippen molar-refractivity contribution in [3.05, 3.63) is 59.2 Å². The highest BCUT2D eigenvalue weighted by atomic mass is 16.2. The second-order valence-corrected chi connectivity index (χ2v) is 8.36. The summed E-state index contributed by atoms with van der Waals surface area (Å²) < 4.78 is 0. The quantitative estimate of drug-likeness (QED) is 0.792. The molecule has 0 atom stereocenters. The molecule has 2 rings (SSSR count). The number of carbonyl (C=O) groups is 2. The van der Waals surface area contributed by atoms with Crippen LogP contribution in [0, 0.1) is 13.8 Å². The first-order valence-corrected chi connectivity index (χ1v) is 9.51. The van der Waals surface area contributed by atoms with Gasteiger partial charge in [-0.25, -0.2) is 0 Å². The maximum absolute atomic E-state index is 12.3. The largest absolute Gasteiger partial charge is 0.325 e. The number of nitrogens with one attached hydrogen (secondary N) is 2. The second-order valence-electron chi connectivity index (χ2n) is 8.36. The summed E-state index contributed by atoms with van der Waals surface area (Å²) in [7, 11) is 1.76. The van der Waals surface area contributed by atoms with Crippen LogP contribution in [0.1, 0.15) is 37.5 Å². The molecule has 0 saturated carbocycles. The van der Waals surface area contributed by atoms with Crippen LogP contribution in [-0.2, 0) is 15.0 Å². The zero-order valence-electron chi connectivity index (χ0n) is 17.7. The average molecular weight is 382 g/mol. The molecule has 2 aromatic carbocycles. The minimum absolute atomic E-state index is 0.0750. The van der Waals surface area contributed by atoms with E-state index in [1.54, 1.807) is 11.9 Å². The summed E-state index contributed by atoms with van der Waals surface area (Å²) in [6.07, 6.45) is 0. The summed E-state index contributed by atoms with van der Waals surface area (Å²) in [4.78, 5) is 26.3. The molecule has 0 aliphatic carbocycles. The lowest BCUT2D eigenvalue weighted by atomic mass is 9.87. The fourth-order valence-corrected chi connectivity index (χ4v) is 2.99. The van der Waals surface area contributed by atoms with Crippen molar-refractivity contribution in [1.82, 2.24) is 4.90 Å². The number of hydrogen-bond acceptors (Lipinski definition) is 3. The van der Waals surface area contributed by atoms with Crippen molar-refractivity contribution in [3.8, 4) is 0 Å². The third kappa shape index (κ3) is 6.20. The number of amides is 2. The van der Waals surface area contributed by atoms with E-state index in [9.17, 15) is 9.59 Å². The maximum Gasteiger partial charge on any atom is 0.238 e. The van der Waals surface area contributed by atoms with Crippen LogP contribution in [0.15, 0.2) is 42.5 Å². The SMILES string of the molecule is Cc1cccc(C)c1NC(=O)CN(C)CC(=O)Nc1ccc(C(C)(C)C)cc1. The van der Waals surface area contributed by atoms with Crippen molar-refractivity contribution >= 4 is 23.2 Å². The van der Waals surface area contributed by atoms with E-state index < -0.39 is 0 Å². The molecule has 0 unspecified atom stereocenters. The molecule has 0 bridgehead atoms. The highest BCUT2D eigenvalue weighted by Gasteiger charge is 2.15. The number of carbonyl (C=O) groups excluding carboxylic acids is 2. The first kappa shape index (κ1) is 21.6. The Balaban J connectivity index is 1.86. The van der Waals surface area contributed by atoms with Crippen LogP contribution in [0.3, 0.4) is 0 Å². The third-order valence-electron chi connectivity index (χ3n) is 4.61. The number of benzene rings is 2. The van der Waals surface area contributed by atoms with Crippen molar-refractivity contribution in [1.29, 1.82) is 0 Å². The van der Waals surface area contributed by atoms with E-state index in [1.165, 1.54) is 5.56 Å². The zero-order chi connectivity index (χ0) is 20.9. The van der Waals surface area contributed by atoms with Gasteiger partial charge in [0.2, 0.25) is 11.8 Å². The molecule has 2 aromatic rings. The first-order chi connectivity index (χ1) is 13.1. The number of rotatable bonds is 6. The summed E-state index contributed by atoms with van der Waals surface area (Å²) in [5.74, 6) is -0.284. The average Bonchev–Trinajstić information content (AvgIpc) is 2.57. The van der Waals surface area contributed by atoms with E-state index >= 15 is 0 Å². The van der Waals surface area contributed by atoms with Crippen LogP contribution < -0.4 is 10.6 Å². The van der Waals surface area contributed by atoms with Crippen LogP contribution >= 0.6 is 0 Å². The van der Waals surface area contributed by atoms with Crippen LogP contribution in [-0.4, -0.2) is 36.9 Å². The summed E-state index contributed by atoms with van der Waals surface area (Å²) in [6, 6.07) is 13.8. The number of likely N-dealkylation sites (N-methyl/N-ethyl adjacent to an activating group) is 1. The summed E-state index contributed by atoms with van der Waals surface area (Å²) >= 11 is 0. The summed E-state index contributed by atoms with van der Waals surface area (Å²) in [5.41, 5.74) is 4.92. The fourth-order valence-electron chi connectivity index (χ4n) is 2.99. The summed E-state index contributed by atoms with van der Waals surface area (Å²) in [6.45, 7) is 10.7. The van der Waals surface area contributed by atoms with Gasteiger partial charge >= 0.3 is 0 Å². The van der Waals surface area contributed by atoms with E-state index in [1.807, 2.05) is 56.3 Å². The lowest BCUT2D eigenvalue weighted by Crippen LogP contribution is -2.36. The van der Waals surface area contributed by atoms with Gasteiger partial charge in [-0.2, -0.15) is 0 Å². The van der Waals surface area contributed by atoms with E-state index in [0.717, 1.165) is 22.5 Å². The van der Waals surface area contributed by atoms with Gasteiger partial charge in [-0.1, -0.05) is 51.1 Å². The van der Waals surface area contributed by atoms with E-state index in [2.05, 4.69) is 31.4 Å². The Bertz CT molecular complexity index is 816. The Morgan fingerprint density at radius 3 is 1.86 bits per heavy atom. The number of nitrogens with zero attached hydrogens (tertiary/aromatic N) is 1. The molecule has 2 amide bonds. The molecular weight excluding hydrogens is 350 g/mol. The standard InChI is InChI=1S/C23H31N3O2/c1-16-8-7-9-17(2)22(16)25-21(28)15-26(6)14-20(27)24-19-12-10-18(11-13-19)23(3,4)5/h7-13H,14-15H2,1-6H3,(H,24,27)(H,25,28). The minimum atomic E-state index is -0.147. The monoisotopic (exact) mass is 381 g/mol. The smallest absolute Gasteiger partial charge is 0.238 e. The highest BCUT2D eigenvalue weighted by molar-refractivity contribution is 5.95. The molecule has 5 nitrogen and oxygen atoms in total. The Morgan fingerprint density at radius 2 is 1.36 bits per heavy atom. The van der Waals surface area contributed by atoms with Gasteiger partial charge in [0.25, 0.3) is 0 Å². The Kier molecular flexibility index (Phi) is 6.97. The fraction of sp³-hybridized carbons (Fsp3) is 0.391. The molecule has 0 spiro atoms. The van der Waals surface area contributed by atoms with E-state index in [4.69, 9.17) is 0 Å². The van der Waals surface area contributed by atoms with Crippen LogP contribution in [0.4, 0.5) is 11.4 Å². The van der Waals surface area contributed by atoms with Gasteiger partial charge in [-0.05, 0) is 55.1 Å². The number of aryl methyl sites for hydroxylation is 2. The Morgan fingerprint density at radius 1 is 0.857 bits per heavy atom. The number of anilines is 2. The maximum atomic E-state index is 12.3. The third-order valence-corrected chi connectivity index (χ3v) is 4.61. The lowest BCUT2D eigenvalue weighted by molar-refractivity contribution is -0.119. The minimum Gasteiger partial charge on any atom is -0.325 e. The molecule has 0 radical (unpaired) electrons. The van der Waals surface area contributed by atoms with Crippen molar-refractivity contribution in [2.24, 2.45) is 0 Å². The molecule has 0 aliphatic heterocycles. The van der Waals surface area contributed by atoms with E-state index in [-0.39, 0.29) is 30.3 Å². The van der Waals surface area contributed by atoms with E-state index in [0.29, 0.717) is 0 Å². The number of hydrogen-bond donors (Lipinski definition) is 2. The molecule has 0 aromatic heterocycles. The lowest BCUT2D eigenvalue weighted by Gasteiger charge is -2.20. The molecule has 5 heteroatoms. The van der Waals surface area contributed by atoms with Crippen molar-refractivity contribution in [3.63, 3.8) is 0 Å². The second kappa shape index (κ2) is 9.02. The topological polar surface area (TPSA) is 61.4 Å². The highest BCUT2D eigenvalue weighted by Crippen LogP contribution is 2.23. The van der Waals surface area contributed by atoms with Crippen LogP contribution in [0.5, 0.6) is 0 Å². The van der Waals surface area contributed by atoms with Gasteiger partial charge in [0.15, 0.2) is 0 Å². The summed E-state index contributed by atoms with van der Waals surface area (Å²) in [5, 5.41) is 5.82. The van der Waals surface area contributed by atoms with Crippen molar-refractivity contribution in [2.75, 3.05) is 30.8 Å². The molecule has 28 heavy (non-hydrogen) atoms. The molecule has 0 fully saturated rings. The van der Waals surface area contributed by atoms with Gasteiger partial charge < -0.3 is 10.6 Å².